The maximum atomic E-state index is 13.1. The van der Waals surface area contributed by atoms with E-state index >= 15 is 0 Å². The van der Waals surface area contributed by atoms with E-state index < -0.39 is 0 Å². The number of benzene rings is 2. The zero-order chi connectivity index (χ0) is 13.1. The van der Waals surface area contributed by atoms with Crippen molar-refractivity contribution in [2.75, 3.05) is 0 Å². The zero-order valence-electron chi connectivity index (χ0n) is 9.58. The summed E-state index contributed by atoms with van der Waals surface area (Å²) in [7, 11) is 0. The molecule has 2 aromatic carbocycles. The molecule has 2 aromatic rings. The first-order chi connectivity index (χ1) is 8.60. The lowest BCUT2D eigenvalue weighted by atomic mass is 10.2. The number of ether oxygens (including phenoxy) is 1. The molecule has 18 heavy (non-hydrogen) atoms. The molecule has 0 aliphatic carbocycles. The van der Waals surface area contributed by atoms with Crippen LogP contribution in [0.1, 0.15) is 11.1 Å². The Morgan fingerprint density at radius 3 is 2.67 bits per heavy atom. The van der Waals surface area contributed by atoms with E-state index in [-0.39, 0.29) is 5.82 Å². The smallest absolute Gasteiger partial charge is 0.146 e. The number of hydrogen-bond donors (Lipinski definition) is 0. The van der Waals surface area contributed by atoms with Gasteiger partial charge in [-0.3, -0.25) is 0 Å². The molecule has 0 spiro atoms. The maximum Gasteiger partial charge on any atom is 0.146 e. The number of hydrogen-bond acceptors (Lipinski definition) is 2. The number of aryl methyl sites for hydroxylation is 1. The Morgan fingerprint density at radius 2 is 2.00 bits per heavy atom. The highest BCUT2D eigenvalue weighted by Gasteiger charge is 2.07. The van der Waals surface area contributed by atoms with Crippen molar-refractivity contribution < 1.29 is 9.13 Å². The molecule has 0 radical (unpaired) electrons. The van der Waals surface area contributed by atoms with Gasteiger partial charge in [-0.25, -0.2) is 4.39 Å². The van der Waals surface area contributed by atoms with Gasteiger partial charge in [0.1, 0.15) is 23.4 Å². The minimum absolute atomic E-state index is 0.280. The van der Waals surface area contributed by atoms with E-state index in [1.54, 1.807) is 31.2 Å². The molecule has 0 aromatic heterocycles. The molecule has 2 rings (SSSR count). The lowest BCUT2D eigenvalue weighted by Crippen LogP contribution is -1.90. The molecule has 0 bridgehead atoms. The molecular weight excluding hydrogens is 297 g/mol. The van der Waals surface area contributed by atoms with Crippen LogP contribution in [0.3, 0.4) is 0 Å². The molecule has 4 heteroatoms. The van der Waals surface area contributed by atoms with Gasteiger partial charge in [0, 0.05) is 4.47 Å². The molecule has 0 unspecified atom stereocenters. The normalized spacial score (nSPS) is 9.89. The van der Waals surface area contributed by atoms with Crippen LogP contribution in [-0.4, -0.2) is 0 Å². The van der Waals surface area contributed by atoms with Gasteiger partial charge in [0.05, 0.1) is 5.56 Å². The Balaban J connectivity index is 2.36. The van der Waals surface area contributed by atoms with E-state index in [0.717, 1.165) is 4.47 Å². The molecule has 0 aliphatic heterocycles. The van der Waals surface area contributed by atoms with Crippen LogP contribution in [0.15, 0.2) is 40.9 Å². The van der Waals surface area contributed by atoms with E-state index in [2.05, 4.69) is 15.9 Å². The third kappa shape index (κ3) is 2.69. The third-order valence-electron chi connectivity index (χ3n) is 2.42. The van der Waals surface area contributed by atoms with Gasteiger partial charge in [0.15, 0.2) is 0 Å². The van der Waals surface area contributed by atoms with Gasteiger partial charge in [0.2, 0.25) is 0 Å². The van der Waals surface area contributed by atoms with Gasteiger partial charge >= 0.3 is 0 Å². The first-order valence-corrected chi connectivity index (χ1v) is 6.03. The molecule has 0 aliphatic rings. The monoisotopic (exact) mass is 305 g/mol. The fraction of sp³-hybridized carbons (Fsp3) is 0.0714. The average Bonchev–Trinajstić information content (AvgIpc) is 2.34. The number of halogens is 2. The lowest BCUT2D eigenvalue weighted by Gasteiger charge is -2.08. The summed E-state index contributed by atoms with van der Waals surface area (Å²) >= 11 is 3.32. The van der Waals surface area contributed by atoms with Gasteiger partial charge in [-0.05, 0) is 48.9 Å². The van der Waals surface area contributed by atoms with Crippen molar-refractivity contribution in [3.63, 3.8) is 0 Å². The van der Waals surface area contributed by atoms with Crippen LogP contribution < -0.4 is 4.74 Å². The van der Waals surface area contributed by atoms with Crippen molar-refractivity contribution in [1.82, 2.24) is 0 Å². The van der Waals surface area contributed by atoms with Crippen molar-refractivity contribution in [1.29, 1.82) is 5.26 Å². The van der Waals surface area contributed by atoms with Crippen molar-refractivity contribution in [3.8, 4) is 17.6 Å². The van der Waals surface area contributed by atoms with Crippen LogP contribution >= 0.6 is 15.9 Å². The second-order valence-electron chi connectivity index (χ2n) is 3.77. The highest BCUT2D eigenvalue weighted by atomic mass is 79.9. The van der Waals surface area contributed by atoms with Crippen LogP contribution in [0.5, 0.6) is 11.5 Å². The van der Waals surface area contributed by atoms with Crippen molar-refractivity contribution in [2.45, 2.75) is 6.92 Å². The minimum Gasteiger partial charge on any atom is -0.456 e. The average molecular weight is 306 g/mol. The first-order valence-electron chi connectivity index (χ1n) is 5.24. The predicted molar refractivity (Wildman–Crippen MR) is 70.1 cm³/mol. The molecule has 0 saturated carbocycles. The Bertz CT molecular complexity index is 634. The van der Waals surface area contributed by atoms with Gasteiger partial charge in [-0.1, -0.05) is 15.9 Å². The largest absolute Gasteiger partial charge is 0.456 e. The predicted octanol–water partition coefficient (Wildman–Crippen LogP) is 4.56. The molecule has 0 amide bonds. The van der Waals surface area contributed by atoms with E-state index in [0.29, 0.717) is 22.6 Å². The minimum atomic E-state index is -0.280. The highest BCUT2D eigenvalue weighted by Crippen LogP contribution is 2.29. The van der Waals surface area contributed by atoms with E-state index in [1.165, 1.54) is 12.1 Å². The van der Waals surface area contributed by atoms with Crippen molar-refractivity contribution in [2.24, 2.45) is 0 Å². The fourth-order valence-corrected chi connectivity index (χ4v) is 1.82. The topological polar surface area (TPSA) is 33.0 Å². The number of nitrogens with zero attached hydrogens (tertiary/aromatic N) is 1. The summed E-state index contributed by atoms with van der Waals surface area (Å²) in [6.45, 7) is 1.66. The Kier molecular flexibility index (Phi) is 3.63. The number of nitriles is 1. The Hall–Kier alpha value is -1.86. The van der Waals surface area contributed by atoms with Crippen molar-refractivity contribution >= 4 is 15.9 Å². The summed E-state index contributed by atoms with van der Waals surface area (Å²) in [4.78, 5) is 0. The fourth-order valence-electron chi connectivity index (χ4n) is 1.48. The van der Waals surface area contributed by atoms with Crippen LogP contribution in [0, 0.1) is 24.1 Å². The molecule has 90 valence electrons. The quantitative estimate of drug-likeness (QED) is 0.815. The summed E-state index contributed by atoms with van der Waals surface area (Å²) in [6, 6.07) is 11.7. The van der Waals surface area contributed by atoms with Gasteiger partial charge in [0.25, 0.3) is 0 Å². The second kappa shape index (κ2) is 5.19. The van der Waals surface area contributed by atoms with Gasteiger partial charge < -0.3 is 4.74 Å². The molecule has 0 N–H and O–H groups in total. The zero-order valence-corrected chi connectivity index (χ0v) is 11.2. The van der Waals surface area contributed by atoms with Crippen LogP contribution in [-0.2, 0) is 0 Å². The Morgan fingerprint density at radius 1 is 1.22 bits per heavy atom. The van der Waals surface area contributed by atoms with Crippen molar-refractivity contribution in [3.05, 3.63) is 57.8 Å². The van der Waals surface area contributed by atoms with Crippen LogP contribution in [0.25, 0.3) is 0 Å². The van der Waals surface area contributed by atoms with Gasteiger partial charge in [-0.15, -0.1) is 0 Å². The van der Waals surface area contributed by atoms with E-state index in [4.69, 9.17) is 10.00 Å². The molecule has 0 saturated heterocycles. The SMILES string of the molecule is Cc1cc(Oc2cc(Br)ccc2C#N)ccc1F. The summed E-state index contributed by atoms with van der Waals surface area (Å²) in [5.74, 6) is 0.665. The molecule has 0 heterocycles. The standard InChI is InChI=1S/C14H9BrFNO/c1-9-6-12(4-5-13(9)16)18-14-7-11(15)3-2-10(14)8-17/h2-7H,1H3. The second-order valence-corrected chi connectivity index (χ2v) is 4.68. The summed E-state index contributed by atoms with van der Waals surface area (Å²) in [6.07, 6.45) is 0. The van der Waals surface area contributed by atoms with Crippen LogP contribution in [0.4, 0.5) is 4.39 Å². The van der Waals surface area contributed by atoms with E-state index in [1.807, 2.05) is 6.07 Å². The molecule has 0 fully saturated rings. The Labute approximate surface area is 113 Å². The van der Waals surface area contributed by atoms with Crippen LogP contribution in [0.2, 0.25) is 0 Å². The van der Waals surface area contributed by atoms with Gasteiger partial charge in [-0.2, -0.15) is 5.26 Å². The maximum absolute atomic E-state index is 13.1. The summed E-state index contributed by atoms with van der Waals surface area (Å²) in [5.41, 5.74) is 0.932. The highest BCUT2D eigenvalue weighted by molar-refractivity contribution is 9.10. The third-order valence-corrected chi connectivity index (χ3v) is 2.91. The summed E-state index contributed by atoms with van der Waals surface area (Å²) in [5, 5.41) is 8.98. The lowest BCUT2D eigenvalue weighted by molar-refractivity contribution is 0.478. The first kappa shape index (κ1) is 12.6. The number of rotatable bonds is 2. The van der Waals surface area contributed by atoms with E-state index in [9.17, 15) is 4.39 Å². The molecule has 2 nitrogen and oxygen atoms in total. The molecule has 0 atom stereocenters. The molecular formula is C14H9BrFNO. The summed E-state index contributed by atoms with van der Waals surface area (Å²) < 4.78 is 19.5.